The van der Waals surface area contributed by atoms with Gasteiger partial charge in [-0.2, -0.15) is 5.10 Å². The van der Waals surface area contributed by atoms with Crippen LogP contribution >= 0.6 is 11.6 Å². The average molecular weight is 316 g/mol. The van der Waals surface area contributed by atoms with Gasteiger partial charge in [0.15, 0.2) is 0 Å². The van der Waals surface area contributed by atoms with Gasteiger partial charge < -0.3 is 5.11 Å². The Morgan fingerprint density at radius 3 is 2.60 bits per heavy atom. The number of carboxylic acid groups (broad SMARTS) is 1. The van der Waals surface area contributed by atoms with E-state index < -0.39 is 22.5 Å². The molecule has 0 saturated heterocycles. The van der Waals surface area contributed by atoms with Crippen molar-refractivity contribution >= 4 is 33.3 Å². The first-order chi connectivity index (χ1) is 9.37. The molecule has 0 atom stereocenters. The van der Waals surface area contributed by atoms with Crippen molar-refractivity contribution in [2.24, 2.45) is 0 Å². The van der Waals surface area contributed by atoms with Crippen LogP contribution in [-0.4, -0.2) is 29.3 Å². The SMILES string of the molecule is O=C(O)Cn1cc(S(=O)(=O)Nc2ccc(Cl)cc2)cn1. The maximum absolute atomic E-state index is 12.0. The number of hydrogen-bond acceptors (Lipinski definition) is 4. The summed E-state index contributed by atoms with van der Waals surface area (Å²) < 4.78 is 27.4. The minimum atomic E-state index is -3.81. The molecule has 20 heavy (non-hydrogen) atoms. The fraction of sp³-hybridized carbons (Fsp3) is 0.0909. The number of rotatable bonds is 5. The van der Waals surface area contributed by atoms with E-state index in [0.29, 0.717) is 10.7 Å². The number of halogens is 1. The molecule has 0 amide bonds. The van der Waals surface area contributed by atoms with Crippen LogP contribution in [0.5, 0.6) is 0 Å². The third-order valence-corrected chi connectivity index (χ3v) is 3.90. The van der Waals surface area contributed by atoms with Gasteiger partial charge in [-0.15, -0.1) is 0 Å². The van der Waals surface area contributed by atoms with Gasteiger partial charge in [0.05, 0.1) is 6.20 Å². The van der Waals surface area contributed by atoms with Crippen LogP contribution in [0, 0.1) is 0 Å². The van der Waals surface area contributed by atoms with Crippen LogP contribution in [0.2, 0.25) is 5.02 Å². The highest BCUT2D eigenvalue weighted by molar-refractivity contribution is 7.92. The number of carbonyl (C=O) groups is 1. The first kappa shape index (κ1) is 14.4. The Bertz CT molecular complexity index is 724. The zero-order valence-electron chi connectivity index (χ0n) is 10.0. The molecule has 0 fully saturated rings. The summed E-state index contributed by atoms with van der Waals surface area (Å²) in [5.74, 6) is -1.11. The minimum absolute atomic E-state index is 0.117. The van der Waals surface area contributed by atoms with Crippen LogP contribution in [0.4, 0.5) is 5.69 Å². The van der Waals surface area contributed by atoms with E-state index in [4.69, 9.17) is 16.7 Å². The van der Waals surface area contributed by atoms with Crippen molar-refractivity contribution in [1.29, 1.82) is 0 Å². The average Bonchev–Trinajstić information content (AvgIpc) is 2.80. The van der Waals surface area contributed by atoms with Crippen molar-refractivity contribution in [3.63, 3.8) is 0 Å². The summed E-state index contributed by atoms with van der Waals surface area (Å²) in [5.41, 5.74) is 0.348. The first-order valence-corrected chi connectivity index (χ1v) is 7.25. The van der Waals surface area contributed by atoms with E-state index in [-0.39, 0.29) is 4.90 Å². The van der Waals surface area contributed by atoms with E-state index in [1.54, 1.807) is 12.1 Å². The number of sulfonamides is 1. The highest BCUT2D eigenvalue weighted by Gasteiger charge is 2.17. The molecule has 0 aliphatic carbocycles. The topological polar surface area (TPSA) is 101 Å². The summed E-state index contributed by atoms with van der Waals surface area (Å²) in [4.78, 5) is 10.4. The minimum Gasteiger partial charge on any atom is -0.480 e. The molecule has 0 unspecified atom stereocenters. The highest BCUT2D eigenvalue weighted by atomic mass is 35.5. The van der Waals surface area contributed by atoms with Gasteiger partial charge in [0.25, 0.3) is 10.0 Å². The summed E-state index contributed by atoms with van der Waals surface area (Å²) >= 11 is 5.71. The quantitative estimate of drug-likeness (QED) is 0.869. The lowest BCUT2D eigenvalue weighted by Gasteiger charge is -2.05. The molecule has 2 rings (SSSR count). The predicted octanol–water partition coefficient (Wildman–Crippen LogP) is 1.42. The third-order valence-electron chi connectivity index (χ3n) is 2.31. The molecule has 9 heteroatoms. The molecule has 0 aliphatic heterocycles. The number of hydrogen-bond donors (Lipinski definition) is 2. The van der Waals surface area contributed by atoms with Crippen LogP contribution in [0.25, 0.3) is 0 Å². The Morgan fingerprint density at radius 2 is 2.00 bits per heavy atom. The van der Waals surface area contributed by atoms with Crippen LogP contribution in [0.3, 0.4) is 0 Å². The van der Waals surface area contributed by atoms with Gasteiger partial charge in [-0.25, -0.2) is 8.42 Å². The number of aliphatic carboxylic acids is 1. The Morgan fingerprint density at radius 1 is 1.35 bits per heavy atom. The molecule has 0 saturated carbocycles. The Kier molecular flexibility index (Phi) is 3.96. The van der Waals surface area contributed by atoms with E-state index in [1.165, 1.54) is 12.1 Å². The first-order valence-electron chi connectivity index (χ1n) is 5.39. The molecule has 0 aliphatic rings. The molecule has 2 N–H and O–H groups in total. The Hall–Kier alpha value is -2.06. The van der Waals surface area contributed by atoms with Crippen molar-refractivity contribution < 1.29 is 18.3 Å². The maximum atomic E-state index is 12.0. The van der Waals surface area contributed by atoms with E-state index in [1.807, 2.05) is 0 Å². The molecule has 106 valence electrons. The van der Waals surface area contributed by atoms with E-state index >= 15 is 0 Å². The molecule has 0 spiro atoms. The van der Waals surface area contributed by atoms with E-state index in [2.05, 4.69) is 9.82 Å². The van der Waals surface area contributed by atoms with Gasteiger partial charge in [0, 0.05) is 16.9 Å². The molecule has 0 radical (unpaired) electrons. The lowest BCUT2D eigenvalue weighted by atomic mass is 10.3. The second kappa shape index (κ2) is 5.51. The fourth-order valence-electron chi connectivity index (χ4n) is 1.44. The molecule has 1 heterocycles. The van der Waals surface area contributed by atoms with Crippen LogP contribution in [-0.2, 0) is 21.4 Å². The largest absolute Gasteiger partial charge is 0.480 e. The lowest BCUT2D eigenvalue weighted by molar-refractivity contribution is -0.137. The molecule has 0 bridgehead atoms. The van der Waals surface area contributed by atoms with Gasteiger partial charge in [0.2, 0.25) is 0 Å². The maximum Gasteiger partial charge on any atom is 0.325 e. The zero-order chi connectivity index (χ0) is 14.8. The van der Waals surface area contributed by atoms with Crippen molar-refractivity contribution in [3.05, 3.63) is 41.7 Å². The second-order valence-corrected chi connectivity index (χ2v) is 6.00. The van der Waals surface area contributed by atoms with E-state index in [0.717, 1.165) is 17.1 Å². The van der Waals surface area contributed by atoms with Crippen molar-refractivity contribution in [1.82, 2.24) is 9.78 Å². The summed E-state index contributed by atoms with van der Waals surface area (Å²) in [6, 6.07) is 6.13. The number of aromatic nitrogens is 2. The van der Waals surface area contributed by atoms with E-state index in [9.17, 15) is 13.2 Å². The van der Waals surface area contributed by atoms with Crippen molar-refractivity contribution in [3.8, 4) is 0 Å². The summed E-state index contributed by atoms with van der Waals surface area (Å²) in [5, 5.41) is 12.8. The van der Waals surface area contributed by atoms with Crippen LogP contribution < -0.4 is 4.72 Å². The smallest absolute Gasteiger partial charge is 0.325 e. The van der Waals surface area contributed by atoms with Crippen LogP contribution in [0.15, 0.2) is 41.6 Å². The van der Waals surface area contributed by atoms with Gasteiger partial charge >= 0.3 is 5.97 Å². The number of nitrogens with zero attached hydrogens (tertiary/aromatic N) is 2. The highest BCUT2D eigenvalue weighted by Crippen LogP contribution is 2.17. The standard InChI is InChI=1S/C11H10ClN3O4S/c12-8-1-3-9(4-2-8)14-20(18,19)10-5-13-15(6-10)7-11(16)17/h1-6,14H,7H2,(H,16,17). The Labute approximate surface area is 119 Å². The van der Waals surface area contributed by atoms with Gasteiger partial charge in [-0.3, -0.25) is 14.2 Å². The van der Waals surface area contributed by atoms with Gasteiger partial charge in [0.1, 0.15) is 11.4 Å². The van der Waals surface area contributed by atoms with Crippen molar-refractivity contribution in [2.75, 3.05) is 4.72 Å². The second-order valence-electron chi connectivity index (χ2n) is 3.88. The number of nitrogens with one attached hydrogen (secondary N) is 1. The monoisotopic (exact) mass is 315 g/mol. The molecule has 1 aromatic carbocycles. The fourth-order valence-corrected chi connectivity index (χ4v) is 2.58. The number of carboxylic acids is 1. The normalized spacial score (nSPS) is 11.2. The summed E-state index contributed by atoms with van der Waals surface area (Å²) in [7, 11) is -3.81. The molecule has 7 nitrogen and oxygen atoms in total. The number of benzene rings is 1. The summed E-state index contributed by atoms with van der Waals surface area (Å²) in [6.07, 6.45) is 2.23. The molecular formula is C11H10ClN3O4S. The third kappa shape index (κ3) is 3.49. The van der Waals surface area contributed by atoms with Gasteiger partial charge in [-0.05, 0) is 24.3 Å². The summed E-state index contributed by atoms with van der Waals surface area (Å²) in [6.45, 7) is -0.406. The van der Waals surface area contributed by atoms with Crippen molar-refractivity contribution in [2.45, 2.75) is 11.4 Å². The van der Waals surface area contributed by atoms with Gasteiger partial charge in [-0.1, -0.05) is 11.6 Å². The molecular weight excluding hydrogens is 306 g/mol. The predicted molar refractivity (Wildman–Crippen MR) is 72.1 cm³/mol. The number of anilines is 1. The Balaban J connectivity index is 2.19. The molecule has 1 aromatic heterocycles. The van der Waals surface area contributed by atoms with Crippen LogP contribution in [0.1, 0.15) is 0 Å². The zero-order valence-corrected chi connectivity index (χ0v) is 11.6. The lowest BCUT2D eigenvalue weighted by Crippen LogP contribution is -2.12. The molecule has 2 aromatic rings.